The Morgan fingerprint density at radius 1 is 1.06 bits per heavy atom. The maximum atomic E-state index is 12.9. The molecule has 0 aliphatic carbocycles. The summed E-state index contributed by atoms with van der Waals surface area (Å²) in [7, 11) is -3.55. The summed E-state index contributed by atoms with van der Waals surface area (Å²) in [6, 6.07) is 15.3. The molecule has 3 aromatic rings. The van der Waals surface area contributed by atoms with Crippen LogP contribution < -0.4 is 10.2 Å². The van der Waals surface area contributed by atoms with Gasteiger partial charge >= 0.3 is 0 Å². The monoisotopic (exact) mass is 456 g/mol. The molecule has 0 amide bonds. The molecule has 1 aliphatic rings. The van der Waals surface area contributed by atoms with Crippen LogP contribution >= 0.6 is 0 Å². The molecule has 1 aliphatic heterocycles. The molecule has 1 aromatic heterocycles. The zero-order valence-corrected chi connectivity index (χ0v) is 18.4. The lowest BCUT2D eigenvalue weighted by Gasteiger charge is -2.35. The normalized spacial score (nSPS) is 15.0. The average Bonchev–Trinajstić information content (AvgIpc) is 3.31. The first-order valence-corrected chi connectivity index (χ1v) is 11.6. The fourth-order valence-corrected chi connectivity index (χ4v) is 5.09. The van der Waals surface area contributed by atoms with Gasteiger partial charge in [-0.15, -0.1) is 0 Å². The SMILES string of the molecule is Cc1ccc(S(=O)(=O)N2CCN(c3ccc([N+](=O)[O-])c(NCc4ccco4)c3)CC2)cc1. The van der Waals surface area contributed by atoms with Crippen LogP contribution in [-0.4, -0.2) is 43.8 Å². The molecule has 0 saturated carbocycles. The number of sulfonamides is 1. The minimum absolute atomic E-state index is 0.0270. The molecule has 0 unspecified atom stereocenters. The average molecular weight is 457 g/mol. The molecule has 0 radical (unpaired) electrons. The van der Waals surface area contributed by atoms with Crippen LogP contribution in [0.5, 0.6) is 0 Å². The molecule has 10 heteroatoms. The third-order valence-electron chi connectivity index (χ3n) is 5.47. The van der Waals surface area contributed by atoms with Gasteiger partial charge in [0.25, 0.3) is 5.69 Å². The Labute approximate surface area is 186 Å². The van der Waals surface area contributed by atoms with E-state index in [4.69, 9.17) is 4.42 Å². The number of nitrogens with zero attached hydrogens (tertiary/aromatic N) is 3. The Bertz CT molecular complexity index is 1190. The van der Waals surface area contributed by atoms with Crippen molar-refractivity contribution in [3.8, 4) is 0 Å². The molecule has 0 bridgehead atoms. The van der Waals surface area contributed by atoms with E-state index in [0.717, 1.165) is 11.3 Å². The number of rotatable bonds is 7. The Morgan fingerprint density at radius 2 is 1.78 bits per heavy atom. The van der Waals surface area contributed by atoms with Crippen LogP contribution in [0.15, 0.2) is 70.2 Å². The van der Waals surface area contributed by atoms with E-state index in [0.29, 0.717) is 44.2 Å². The quantitative estimate of drug-likeness (QED) is 0.427. The Kier molecular flexibility index (Phi) is 6.15. The summed E-state index contributed by atoms with van der Waals surface area (Å²) in [5.41, 5.74) is 2.16. The molecule has 1 N–H and O–H groups in total. The molecule has 9 nitrogen and oxygen atoms in total. The van der Waals surface area contributed by atoms with Gasteiger partial charge in [0.05, 0.1) is 22.6 Å². The van der Waals surface area contributed by atoms with Crippen molar-refractivity contribution in [2.75, 3.05) is 36.4 Å². The molecule has 2 heterocycles. The van der Waals surface area contributed by atoms with Gasteiger partial charge in [-0.1, -0.05) is 17.7 Å². The summed E-state index contributed by atoms with van der Waals surface area (Å²) in [5, 5.41) is 14.5. The molecule has 4 rings (SSSR count). The highest BCUT2D eigenvalue weighted by Gasteiger charge is 2.29. The topological polar surface area (TPSA) is 109 Å². The van der Waals surface area contributed by atoms with Crippen LogP contribution in [0.2, 0.25) is 0 Å². The third-order valence-corrected chi connectivity index (χ3v) is 7.39. The molecular weight excluding hydrogens is 432 g/mol. The highest BCUT2D eigenvalue weighted by molar-refractivity contribution is 7.89. The molecule has 1 fully saturated rings. The van der Waals surface area contributed by atoms with E-state index >= 15 is 0 Å². The van der Waals surface area contributed by atoms with Crippen LogP contribution in [0.3, 0.4) is 0 Å². The summed E-state index contributed by atoms with van der Waals surface area (Å²) < 4.78 is 32.6. The second-order valence-corrected chi connectivity index (χ2v) is 9.53. The van der Waals surface area contributed by atoms with E-state index in [9.17, 15) is 18.5 Å². The second-order valence-electron chi connectivity index (χ2n) is 7.60. The van der Waals surface area contributed by atoms with Crippen LogP contribution in [0, 0.1) is 17.0 Å². The summed E-state index contributed by atoms with van der Waals surface area (Å²) in [6.07, 6.45) is 1.55. The highest BCUT2D eigenvalue weighted by atomic mass is 32.2. The summed E-state index contributed by atoms with van der Waals surface area (Å²) in [4.78, 5) is 13.3. The van der Waals surface area contributed by atoms with Crippen molar-refractivity contribution in [3.63, 3.8) is 0 Å². The predicted molar refractivity (Wildman–Crippen MR) is 121 cm³/mol. The van der Waals surface area contributed by atoms with Crippen LogP contribution in [-0.2, 0) is 16.6 Å². The Hall–Kier alpha value is -3.37. The van der Waals surface area contributed by atoms with Gasteiger partial charge in [0.2, 0.25) is 10.0 Å². The predicted octanol–water partition coefficient (Wildman–Crippen LogP) is 3.62. The highest BCUT2D eigenvalue weighted by Crippen LogP contribution is 2.31. The van der Waals surface area contributed by atoms with Crippen molar-refractivity contribution in [1.29, 1.82) is 0 Å². The van der Waals surface area contributed by atoms with E-state index in [1.165, 1.54) is 10.4 Å². The minimum atomic E-state index is -3.55. The van der Waals surface area contributed by atoms with Crippen molar-refractivity contribution in [1.82, 2.24) is 4.31 Å². The summed E-state index contributed by atoms with van der Waals surface area (Å²) in [6.45, 7) is 3.88. The largest absolute Gasteiger partial charge is 0.467 e. The number of anilines is 2. The maximum Gasteiger partial charge on any atom is 0.292 e. The first-order valence-electron chi connectivity index (χ1n) is 10.2. The second kappa shape index (κ2) is 9.01. The number of nitrogens with one attached hydrogen (secondary N) is 1. The molecule has 32 heavy (non-hydrogen) atoms. The number of nitro groups is 1. The zero-order chi connectivity index (χ0) is 22.7. The number of nitro benzene ring substituents is 1. The van der Waals surface area contributed by atoms with Gasteiger partial charge in [0.15, 0.2) is 0 Å². The zero-order valence-electron chi connectivity index (χ0n) is 17.6. The molecule has 0 spiro atoms. The van der Waals surface area contributed by atoms with Crippen molar-refractivity contribution >= 4 is 27.1 Å². The fourth-order valence-electron chi connectivity index (χ4n) is 3.66. The van der Waals surface area contributed by atoms with Gasteiger partial charge in [0.1, 0.15) is 11.4 Å². The van der Waals surface area contributed by atoms with Crippen LogP contribution in [0.4, 0.5) is 17.1 Å². The number of furan rings is 1. The molecule has 168 valence electrons. The number of benzene rings is 2. The van der Waals surface area contributed by atoms with Gasteiger partial charge in [-0.2, -0.15) is 4.31 Å². The molecule has 0 atom stereocenters. The van der Waals surface area contributed by atoms with E-state index in [1.54, 1.807) is 54.8 Å². The first-order chi connectivity index (χ1) is 15.3. The van der Waals surface area contributed by atoms with E-state index in [1.807, 2.05) is 11.8 Å². The van der Waals surface area contributed by atoms with Crippen molar-refractivity contribution in [3.05, 3.63) is 82.3 Å². The number of aryl methyl sites for hydroxylation is 1. The third kappa shape index (κ3) is 4.61. The van der Waals surface area contributed by atoms with Gasteiger partial charge in [-0.05, 0) is 43.3 Å². The van der Waals surface area contributed by atoms with Crippen LogP contribution in [0.1, 0.15) is 11.3 Å². The van der Waals surface area contributed by atoms with Crippen LogP contribution in [0.25, 0.3) is 0 Å². The number of hydrogen-bond acceptors (Lipinski definition) is 7. The van der Waals surface area contributed by atoms with E-state index in [2.05, 4.69) is 5.32 Å². The van der Waals surface area contributed by atoms with Gasteiger partial charge in [-0.3, -0.25) is 10.1 Å². The van der Waals surface area contributed by atoms with Gasteiger partial charge < -0.3 is 14.6 Å². The molecular formula is C22H24N4O5S. The van der Waals surface area contributed by atoms with Gasteiger partial charge in [0, 0.05) is 37.9 Å². The standard InChI is InChI=1S/C22H24N4O5S/c1-17-4-7-20(8-5-17)32(29,30)25-12-10-24(11-13-25)18-6-9-22(26(27)28)21(15-18)23-16-19-3-2-14-31-19/h2-9,14-15,23H,10-13,16H2,1H3. The summed E-state index contributed by atoms with van der Waals surface area (Å²) >= 11 is 0. The fraction of sp³-hybridized carbons (Fsp3) is 0.273. The molecule has 2 aromatic carbocycles. The minimum Gasteiger partial charge on any atom is -0.467 e. The lowest BCUT2D eigenvalue weighted by atomic mass is 10.2. The van der Waals surface area contributed by atoms with E-state index in [-0.39, 0.29) is 10.6 Å². The summed E-state index contributed by atoms with van der Waals surface area (Å²) in [5.74, 6) is 0.666. The van der Waals surface area contributed by atoms with Gasteiger partial charge in [-0.25, -0.2) is 8.42 Å². The Balaban J connectivity index is 1.47. The smallest absolute Gasteiger partial charge is 0.292 e. The van der Waals surface area contributed by atoms with Crippen molar-refractivity contribution in [2.24, 2.45) is 0 Å². The van der Waals surface area contributed by atoms with Crippen molar-refractivity contribution < 1.29 is 17.8 Å². The lowest BCUT2D eigenvalue weighted by Crippen LogP contribution is -2.48. The Morgan fingerprint density at radius 3 is 2.41 bits per heavy atom. The lowest BCUT2D eigenvalue weighted by molar-refractivity contribution is -0.384. The first kappa shape index (κ1) is 21.8. The van der Waals surface area contributed by atoms with Crippen molar-refractivity contribution in [2.45, 2.75) is 18.4 Å². The number of hydrogen-bond donors (Lipinski definition) is 1. The number of piperazine rings is 1. The maximum absolute atomic E-state index is 12.9. The van der Waals surface area contributed by atoms with E-state index < -0.39 is 14.9 Å². The molecule has 1 saturated heterocycles.